The van der Waals surface area contributed by atoms with Crippen molar-refractivity contribution in [3.8, 4) is 5.75 Å². The number of carbonyl (C=O) groups excluding carboxylic acids is 1. The van der Waals surface area contributed by atoms with E-state index in [-0.39, 0.29) is 6.54 Å². The number of rotatable bonds is 8. The zero-order valence-electron chi connectivity index (χ0n) is 16.4. The van der Waals surface area contributed by atoms with Gasteiger partial charge >= 0.3 is 0 Å². The lowest BCUT2D eigenvalue weighted by atomic mass is 10.2. The normalized spacial score (nSPS) is 12.3. The van der Waals surface area contributed by atoms with E-state index in [0.29, 0.717) is 23.1 Å². The van der Waals surface area contributed by atoms with Crippen LogP contribution in [0.3, 0.4) is 0 Å². The molecule has 8 heteroatoms. The number of benzene rings is 2. The van der Waals surface area contributed by atoms with Crippen molar-refractivity contribution in [1.29, 1.82) is 0 Å². The summed E-state index contributed by atoms with van der Waals surface area (Å²) in [5.74, 6) is 0.261. The summed E-state index contributed by atoms with van der Waals surface area (Å²) in [6.07, 6.45) is 1.06. The van der Waals surface area contributed by atoms with Crippen molar-refractivity contribution in [1.82, 2.24) is 5.32 Å². The second kappa shape index (κ2) is 9.30. The van der Waals surface area contributed by atoms with Crippen molar-refractivity contribution in [2.24, 2.45) is 0 Å². The van der Waals surface area contributed by atoms with Gasteiger partial charge in [-0.1, -0.05) is 35.9 Å². The molecule has 0 aliphatic rings. The van der Waals surface area contributed by atoms with Gasteiger partial charge in [0.15, 0.2) is 0 Å². The molecule has 0 spiro atoms. The Morgan fingerprint density at radius 1 is 1.25 bits per heavy atom. The highest BCUT2D eigenvalue weighted by molar-refractivity contribution is 7.92. The lowest BCUT2D eigenvalue weighted by Crippen LogP contribution is -2.47. The number of hydrogen-bond donors (Lipinski definition) is 1. The van der Waals surface area contributed by atoms with E-state index >= 15 is 0 Å². The van der Waals surface area contributed by atoms with Crippen LogP contribution in [0.15, 0.2) is 42.5 Å². The molecule has 28 heavy (non-hydrogen) atoms. The van der Waals surface area contributed by atoms with Crippen LogP contribution in [0, 0.1) is 6.92 Å². The van der Waals surface area contributed by atoms with Gasteiger partial charge in [-0.05, 0) is 44.5 Å². The van der Waals surface area contributed by atoms with Gasteiger partial charge in [0, 0.05) is 17.1 Å². The minimum absolute atomic E-state index is 0.228. The van der Waals surface area contributed by atoms with Gasteiger partial charge in [0.2, 0.25) is 15.9 Å². The number of sulfonamides is 1. The predicted octanol–water partition coefficient (Wildman–Crippen LogP) is 3.52. The second-order valence-corrected chi connectivity index (χ2v) is 8.69. The molecule has 0 fully saturated rings. The molecule has 0 saturated carbocycles. The van der Waals surface area contributed by atoms with Crippen LogP contribution in [-0.2, 0) is 21.4 Å². The van der Waals surface area contributed by atoms with Crippen molar-refractivity contribution in [2.45, 2.75) is 33.4 Å². The summed E-state index contributed by atoms with van der Waals surface area (Å²) in [5.41, 5.74) is 1.98. The molecule has 2 aromatic carbocycles. The molecule has 1 amide bonds. The number of anilines is 1. The van der Waals surface area contributed by atoms with Crippen molar-refractivity contribution >= 4 is 33.2 Å². The molecule has 0 saturated heterocycles. The summed E-state index contributed by atoms with van der Waals surface area (Å²) in [5, 5.41) is 3.22. The zero-order chi connectivity index (χ0) is 20.9. The third-order valence-corrected chi connectivity index (χ3v) is 5.87. The molecule has 0 aromatic heterocycles. The molecular weight excluding hydrogens is 400 g/mol. The Morgan fingerprint density at radius 2 is 1.93 bits per heavy atom. The largest absolute Gasteiger partial charge is 0.494 e. The number of carbonyl (C=O) groups is 1. The molecule has 2 aromatic rings. The standard InChI is InChI=1S/C20H25ClN2O4S/c1-5-27-19-9-7-6-8-16(19)13-22-20(24)15(3)23(28(4,25)26)17-11-10-14(2)18(21)12-17/h6-12,15H,5,13H2,1-4H3,(H,22,24)/t15-/m0/s1. The van der Waals surface area contributed by atoms with E-state index in [2.05, 4.69) is 5.32 Å². The summed E-state index contributed by atoms with van der Waals surface area (Å²) in [6, 6.07) is 11.3. The Hall–Kier alpha value is -2.25. The first kappa shape index (κ1) is 22.0. The van der Waals surface area contributed by atoms with E-state index in [1.165, 1.54) is 0 Å². The van der Waals surface area contributed by atoms with Crippen LogP contribution in [0.2, 0.25) is 5.02 Å². The van der Waals surface area contributed by atoms with Gasteiger partial charge in [-0.3, -0.25) is 9.10 Å². The summed E-state index contributed by atoms with van der Waals surface area (Å²) in [4.78, 5) is 12.7. The molecule has 0 radical (unpaired) electrons. The lowest BCUT2D eigenvalue weighted by molar-refractivity contribution is -0.122. The molecule has 0 bridgehead atoms. The average Bonchev–Trinajstić information content (AvgIpc) is 2.63. The fraction of sp³-hybridized carbons (Fsp3) is 0.350. The van der Waals surface area contributed by atoms with Gasteiger partial charge in [-0.25, -0.2) is 8.42 Å². The van der Waals surface area contributed by atoms with E-state index in [9.17, 15) is 13.2 Å². The monoisotopic (exact) mass is 424 g/mol. The Kier molecular flexibility index (Phi) is 7.32. The smallest absolute Gasteiger partial charge is 0.243 e. The summed E-state index contributed by atoms with van der Waals surface area (Å²) < 4.78 is 31.4. The maximum atomic E-state index is 12.7. The molecule has 0 heterocycles. The summed E-state index contributed by atoms with van der Waals surface area (Å²) in [7, 11) is -3.70. The molecule has 0 aliphatic carbocycles. The van der Waals surface area contributed by atoms with Crippen molar-refractivity contribution in [2.75, 3.05) is 17.2 Å². The number of amides is 1. The van der Waals surface area contributed by atoms with Crippen LogP contribution >= 0.6 is 11.6 Å². The predicted molar refractivity (Wildman–Crippen MR) is 112 cm³/mol. The zero-order valence-corrected chi connectivity index (χ0v) is 18.0. The van der Waals surface area contributed by atoms with Crippen LogP contribution < -0.4 is 14.4 Å². The number of nitrogens with one attached hydrogen (secondary N) is 1. The molecule has 152 valence electrons. The minimum atomic E-state index is -3.70. The molecule has 2 rings (SSSR count). The molecule has 0 unspecified atom stereocenters. The third-order valence-electron chi connectivity index (χ3n) is 4.22. The Bertz CT molecular complexity index is 947. The van der Waals surface area contributed by atoms with Gasteiger partial charge in [0.1, 0.15) is 11.8 Å². The average molecular weight is 425 g/mol. The van der Waals surface area contributed by atoms with Crippen molar-refractivity contribution in [3.63, 3.8) is 0 Å². The maximum Gasteiger partial charge on any atom is 0.243 e. The number of halogens is 1. The molecular formula is C20H25ClN2O4S. The van der Waals surface area contributed by atoms with Crippen LogP contribution in [-0.4, -0.2) is 33.2 Å². The SMILES string of the molecule is CCOc1ccccc1CNC(=O)[C@H](C)N(c1ccc(C)c(Cl)c1)S(C)(=O)=O. The lowest BCUT2D eigenvalue weighted by Gasteiger charge is -2.28. The van der Waals surface area contributed by atoms with Crippen molar-refractivity contribution < 1.29 is 17.9 Å². The van der Waals surface area contributed by atoms with E-state index in [1.807, 2.05) is 38.1 Å². The van der Waals surface area contributed by atoms with E-state index < -0.39 is 22.0 Å². The molecule has 6 nitrogen and oxygen atoms in total. The highest BCUT2D eigenvalue weighted by Crippen LogP contribution is 2.27. The van der Waals surface area contributed by atoms with E-state index in [1.54, 1.807) is 25.1 Å². The second-order valence-electron chi connectivity index (χ2n) is 6.43. The molecule has 1 N–H and O–H groups in total. The first-order valence-electron chi connectivity index (χ1n) is 8.89. The highest BCUT2D eigenvalue weighted by atomic mass is 35.5. The third kappa shape index (κ3) is 5.39. The molecule has 0 aliphatic heterocycles. The Labute approximate surface area is 171 Å². The first-order chi connectivity index (χ1) is 13.1. The highest BCUT2D eigenvalue weighted by Gasteiger charge is 2.29. The van der Waals surface area contributed by atoms with E-state index in [4.69, 9.17) is 16.3 Å². The number of aryl methyl sites for hydroxylation is 1. The number of hydrogen-bond acceptors (Lipinski definition) is 4. The quantitative estimate of drug-likeness (QED) is 0.703. The topological polar surface area (TPSA) is 75.7 Å². The first-order valence-corrected chi connectivity index (χ1v) is 11.1. The summed E-state index contributed by atoms with van der Waals surface area (Å²) in [6.45, 7) is 5.98. The van der Waals surface area contributed by atoms with Crippen LogP contribution in [0.25, 0.3) is 0 Å². The fourth-order valence-electron chi connectivity index (χ4n) is 2.80. The number of nitrogens with zero attached hydrogens (tertiary/aromatic N) is 1. The summed E-state index contributed by atoms with van der Waals surface area (Å²) >= 11 is 6.14. The van der Waals surface area contributed by atoms with E-state index in [0.717, 1.165) is 21.7 Å². The van der Waals surface area contributed by atoms with Gasteiger partial charge in [0.25, 0.3) is 0 Å². The Morgan fingerprint density at radius 3 is 2.54 bits per heavy atom. The van der Waals surface area contributed by atoms with Gasteiger partial charge in [-0.2, -0.15) is 0 Å². The number of para-hydroxylation sites is 1. The van der Waals surface area contributed by atoms with Gasteiger partial charge < -0.3 is 10.1 Å². The Balaban J connectivity index is 2.22. The van der Waals surface area contributed by atoms with Crippen LogP contribution in [0.5, 0.6) is 5.75 Å². The van der Waals surface area contributed by atoms with Gasteiger partial charge in [-0.15, -0.1) is 0 Å². The van der Waals surface area contributed by atoms with Crippen molar-refractivity contribution in [3.05, 3.63) is 58.6 Å². The van der Waals surface area contributed by atoms with Crippen LogP contribution in [0.4, 0.5) is 5.69 Å². The van der Waals surface area contributed by atoms with Gasteiger partial charge in [0.05, 0.1) is 18.6 Å². The minimum Gasteiger partial charge on any atom is -0.494 e. The fourth-order valence-corrected chi connectivity index (χ4v) is 4.15. The maximum absolute atomic E-state index is 12.7. The molecule has 1 atom stereocenters. The number of ether oxygens (including phenoxy) is 1. The van der Waals surface area contributed by atoms with Crippen LogP contribution in [0.1, 0.15) is 25.0 Å².